The van der Waals surface area contributed by atoms with Crippen LogP contribution in [0.4, 0.5) is 0 Å². The number of allylic oxidation sites excluding steroid dienone is 1. The van der Waals surface area contributed by atoms with Gasteiger partial charge < -0.3 is 0 Å². The summed E-state index contributed by atoms with van der Waals surface area (Å²) in [7, 11) is -3.69. The van der Waals surface area contributed by atoms with E-state index >= 15 is 0 Å². The van der Waals surface area contributed by atoms with Crippen LogP contribution in [-0.4, -0.2) is 16.1 Å². The summed E-state index contributed by atoms with van der Waals surface area (Å²) in [6, 6.07) is 22.3. The van der Waals surface area contributed by atoms with Crippen molar-refractivity contribution in [2.45, 2.75) is 74.2 Å². The van der Waals surface area contributed by atoms with E-state index in [0.717, 1.165) is 6.42 Å². The molecule has 0 N–H and O–H groups in total. The maximum Gasteiger partial charge on any atom is 0.117 e. The number of rotatable bonds is 5. The molecule has 0 atom stereocenters. The molecule has 0 spiro atoms. The van der Waals surface area contributed by atoms with Gasteiger partial charge in [0.15, 0.2) is 0 Å². The molecule has 2 heteroatoms. The van der Waals surface area contributed by atoms with Crippen LogP contribution in [0.15, 0.2) is 76.8 Å². The van der Waals surface area contributed by atoms with E-state index in [0.29, 0.717) is 0 Å². The van der Waals surface area contributed by atoms with Gasteiger partial charge in [0.1, 0.15) is 16.1 Å². The van der Waals surface area contributed by atoms with Crippen molar-refractivity contribution in [3.63, 3.8) is 0 Å². The van der Waals surface area contributed by atoms with Crippen LogP contribution in [0.1, 0.15) is 48.0 Å². The largest absolute Gasteiger partial charge is 0.130 e. The van der Waals surface area contributed by atoms with E-state index in [1.807, 2.05) is 0 Å². The second-order valence-electron chi connectivity index (χ2n) is 11.9. The molecule has 30 heavy (non-hydrogen) atoms. The van der Waals surface area contributed by atoms with Crippen molar-refractivity contribution < 1.29 is 0 Å². The van der Waals surface area contributed by atoms with Gasteiger partial charge in [-0.1, -0.05) is 139 Å². The fourth-order valence-electron chi connectivity index (χ4n) is 4.41. The topological polar surface area (TPSA) is 0 Å². The normalized spacial score (nSPS) is 13.0. The second-order valence-corrected chi connectivity index (χ2v) is 20.7. The first-order chi connectivity index (χ1) is 13.7. The highest BCUT2D eigenvalue weighted by Crippen LogP contribution is 2.35. The summed E-state index contributed by atoms with van der Waals surface area (Å²) < 4.78 is 0. The van der Waals surface area contributed by atoms with Gasteiger partial charge in [0.05, 0.1) is 0 Å². The van der Waals surface area contributed by atoms with Gasteiger partial charge in [-0.25, -0.2) is 0 Å². The molecule has 162 valence electrons. The third-order valence-electron chi connectivity index (χ3n) is 6.10. The summed E-state index contributed by atoms with van der Waals surface area (Å²) in [5.74, 6) is 0. The van der Waals surface area contributed by atoms with E-state index in [4.69, 9.17) is 0 Å². The highest BCUT2D eigenvalue weighted by molar-refractivity contribution is 6.97. The number of benzene rings is 2. The molecular formula is C28H42Si2. The molecule has 0 bridgehead atoms. The molecule has 0 nitrogen and oxygen atoms in total. The minimum Gasteiger partial charge on any atom is -0.130 e. The van der Waals surface area contributed by atoms with Crippen LogP contribution in [0, 0.1) is 10.8 Å². The fraction of sp³-hybridized carbons (Fsp3) is 0.464. The van der Waals surface area contributed by atoms with Crippen molar-refractivity contribution in [3.05, 3.63) is 76.8 Å². The lowest BCUT2D eigenvalue weighted by Crippen LogP contribution is -2.48. The SMILES string of the molecule is CC(C)(C)CC(=C=C(C(C)(C)C)[Si](C)(C)c1ccccc1)[Si](C)(C)c1ccccc1. The van der Waals surface area contributed by atoms with Gasteiger partial charge >= 0.3 is 0 Å². The Bertz CT molecular complexity index is 899. The van der Waals surface area contributed by atoms with Crippen molar-refractivity contribution >= 4 is 26.5 Å². The fourth-order valence-corrected chi connectivity index (χ4v) is 11.0. The van der Waals surface area contributed by atoms with Crippen LogP contribution in [0.5, 0.6) is 0 Å². The van der Waals surface area contributed by atoms with Crippen LogP contribution in [0.2, 0.25) is 26.2 Å². The standard InChI is InChI=1S/C28H42Si2/c1-27(2,3)22-25(29(7,8)23-17-13-11-14-18-23)21-26(28(4,5)6)30(9,10)24-19-15-12-16-20-24/h11-20H,22H2,1-10H3. The third-order valence-corrected chi connectivity index (χ3v) is 13.6. The maximum absolute atomic E-state index is 4.18. The molecule has 0 unspecified atom stereocenters. The van der Waals surface area contributed by atoms with Gasteiger partial charge in [0.25, 0.3) is 0 Å². The van der Waals surface area contributed by atoms with Crippen molar-refractivity contribution in [3.8, 4) is 0 Å². The van der Waals surface area contributed by atoms with Crippen molar-refractivity contribution in [1.29, 1.82) is 0 Å². The van der Waals surface area contributed by atoms with Gasteiger partial charge in [0, 0.05) is 0 Å². The molecule has 0 fully saturated rings. The molecule has 0 amide bonds. The lowest BCUT2D eigenvalue weighted by Gasteiger charge is -2.36. The molecule has 0 aliphatic heterocycles. The number of hydrogen-bond acceptors (Lipinski definition) is 0. The van der Waals surface area contributed by atoms with Crippen LogP contribution < -0.4 is 10.4 Å². The Kier molecular flexibility index (Phi) is 7.29. The average molecular weight is 435 g/mol. The van der Waals surface area contributed by atoms with Gasteiger partial charge in [0.2, 0.25) is 0 Å². The van der Waals surface area contributed by atoms with E-state index in [2.05, 4.69) is 134 Å². The molecule has 0 saturated heterocycles. The Morgan fingerprint density at radius 3 is 1.43 bits per heavy atom. The molecule has 0 saturated carbocycles. The van der Waals surface area contributed by atoms with Gasteiger partial charge in [-0.2, -0.15) is 0 Å². The first kappa shape index (κ1) is 24.7. The summed E-state index contributed by atoms with van der Waals surface area (Å²) in [5, 5.41) is 6.10. The minimum atomic E-state index is -1.86. The van der Waals surface area contributed by atoms with E-state index in [-0.39, 0.29) is 10.8 Å². The monoisotopic (exact) mass is 434 g/mol. The third kappa shape index (κ3) is 5.97. The van der Waals surface area contributed by atoms with E-state index in [1.165, 1.54) is 15.6 Å². The molecule has 0 aliphatic rings. The van der Waals surface area contributed by atoms with Crippen LogP contribution >= 0.6 is 0 Å². The van der Waals surface area contributed by atoms with Crippen LogP contribution in [0.25, 0.3) is 0 Å². The Morgan fingerprint density at radius 2 is 1.07 bits per heavy atom. The quantitative estimate of drug-likeness (QED) is 0.344. The zero-order chi connectivity index (χ0) is 22.8. The highest BCUT2D eigenvalue weighted by atomic mass is 28.3. The molecule has 0 aliphatic carbocycles. The minimum absolute atomic E-state index is 0.0931. The zero-order valence-corrected chi connectivity index (χ0v) is 23.0. The summed E-state index contributed by atoms with van der Waals surface area (Å²) in [5.41, 5.74) is 4.52. The molecule has 2 rings (SSSR count). The van der Waals surface area contributed by atoms with Crippen molar-refractivity contribution in [2.75, 3.05) is 0 Å². The van der Waals surface area contributed by atoms with E-state index < -0.39 is 16.1 Å². The predicted molar refractivity (Wildman–Crippen MR) is 141 cm³/mol. The Labute approximate surface area is 188 Å². The molecule has 0 radical (unpaired) electrons. The highest BCUT2D eigenvalue weighted by Gasteiger charge is 2.37. The van der Waals surface area contributed by atoms with E-state index in [1.54, 1.807) is 5.20 Å². The lowest BCUT2D eigenvalue weighted by molar-refractivity contribution is 0.415. The molecule has 2 aromatic carbocycles. The smallest absolute Gasteiger partial charge is 0.117 e. The first-order valence-electron chi connectivity index (χ1n) is 11.3. The maximum atomic E-state index is 4.18. The van der Waals surface area contributed by atoms with Gasteiger partial charge in [-0.3, -0.25) is 0 Å². The summed E-state index contributed by atoms with van der Waals surface area (Å²) in [6.45, 7) is 24.2. The molecular weight excluding hydrogens is 392 g/mol. The van der Waals surface area contributed by atoms with Crippen LogP contribution in [-0.2, 0) is 0 Å². The first-order valence-corrected chi connectivity index (χ1v) is 17.3. The Balaban J connectivity index is 2.86. The van der Waals surface area contributed by atoms with E-state index in [9.17, 15) is 0 Å². The molecule has 0 aromatic heterocycles. The lowest BCUT2D eigenvalue weighted by atomic mass is 9.91. The molecule has 0 heterocycles. The predicted octanol–water partition coefficient (Wildman–Crippen LogP) is 7.23. The molecule has 2 aromatic rings. The summed E-state index contributed by atoms with van der Waals surface area (Å²) in [6.07, 6.45) is 1.10. The summed E-state index contributed by atoms with van der Waals surface area (Å²) in [4.78, 5) is 0. The van der Waals surface area contributed by atoms with Gasteiger partial charge in [-0.05, 0) is 27.6 Å². The van der Waals surface area contributed by atoms with Crippen LogP contribution in [0.3, 0.4) is 0 Å². The van der Waals surface area contributed by atoms with Gasteiger partial charge in [-0.15, -0.1) is 5.73 Å². The van der Waals surface area contributed by atoms with Crippen molar-refractivity contribution in [2.24, 2.45) is 10.8 Å². The van der Waals surface area contributed by atoms with Crippen molar-refractivity contribution in [1.82, 2.24) is 0 Å². The zero-order valence-electron chi connectivity index (χ0n) is 21.0. The Morgan fingerprint density at radius 1 is 0.667 bits per heavy atom. The second kappa shape index (κ2) is 8.87. The Hall–Kier alpha value is -1.61. The average Bonchev–Trinajstić information content (AvgIpc) is 2.64. The summed E-state index contributed by atoms with van der Waals surface area (Å²) >= 11 is 0. The number of hydrogen-bond donors (Lipinski definition) is 0.